The van der Waals surface area contributed by atoms with Crippen LogP contribution in [-0.2, 0) is 14.3 Å². The van der Waals surface area contributed by atoms with Gasteiger partial charge in [-0.25, -0.2) is 4.79 Å². The van der Waals surface area contributed by atoms with Gasteiger partial charge in [-0.15, -0.1) is 0 Å². The molecular formula is C21H22O3. The van der Waals surface area contributed by atoms with E-state index < -0.39 is 11.8 Å². The Morgan fingerprint density at radius 2 is 1.67 bits per heavy atom. The molecule has 1 saturated carbocycles. The van der Waals surface area contributed by atoms with E-state index in [1.165, 1.54) is 11.1 Å². The van der Waals surface area contributed by atoms with Gasteiger partial charge in [0, 0.05) is 11.8 Å². The molecule has 2 aromatic rings. The SMILES string of the molecule is CCOC(=O)C(=O)[C@@H]1CC(c2ccc(C)cc2)[C@H]1c1ccccc1. The molecule has 0 aliphatic heterocycles. The molecule has 0 bridgehead atoms. The van der Waals surface area contributed by atoms with Gasteiger partial charge in [-0.05, 0) is 37.3 Å². The fraction of sp³-hybridized carbons (Fsp3) is 0.333. The highest BCUT2D eigenvalue weighted by molar-refractivity contribution is 6.34. The number of hydrogen-bond acceptors (Lipinski definition) is 3. The van der Waals surface area contributed by atoms with E-state index in [1.807, 2.05) is 30.3 Å². The molecule has 2 aromatic carbocycles. The Morgan fingerprint density at radius 3 is 2.29 bits per heavy atom. The fourth-order valence-corrected chi connectivity index (χ4v) is 3.57. The van der Waals surface area contributed by atoms with E-state index in [2.05, 4.69) is 31.2 Å². The second-order valence-electron chi connectivity index (χ2n) is 6.38. The molecule has 0 aromatic heterocycles. The van der Waals surface area contributed by atoms with E-state index in [0.29, 0.717) is 6.42 Å². The van der Waals surface area contributed by atoms with Crippen molar-refractivity contribution < 1.29 is 14.3 Å². The van der Waals surface area contributed by atoms with Gasteiger partial charge in [-0.1, -0.05) is 60.2 Å². The van der Waals surface area contributed by atoms with Crippen LogP contribution in [0.1, 0.15) is 41.9 Å². The zero-order valence-electron chi connectivity index (χ0n) is 14.1. The molecule has 0 amide bonds. The van der Waals surface area contributed by atoms with Crippen LogP contribution in [0.2, 0.25) is 0 Å². The first-order chi connectivity index (χ1) is 11.6. The molecule has 0 saturated heterocycles. The topological polar surface area (TPSA) is 43.4 Å². The summed E-state index contributed by atoms with van der Waals surface area (Å²) >= 11 is 0. The standard InChI is InChI=1S/C21H22O3/c1-3-24-21(23)20(22)18-13-17(15-11-9-14(2)10-12-15)19(18)16-7-5-4-6-8-16/h4-12,17-19H,3,13H2,1-2H3/t17?,18-,19-/m1/s1. The Hall–Kier alpha value is -2.42. The Labute approximate surface area is 142 Å². The molecule has 0 radical (unpaired) electrons. The predicted octanol–water partition coefficient (Wildman–Crippen LogP) is 4.01. The van der Waals surface area contributed by atoms with Crippen LogP contribution in [0.4, 0.5) is 0 Å². The van der Waals surface area contributed by atoms with Gasteiger partial charge in [0.25, 0.3) is 0 Å². The molecule has 24 heavy (non-hydrogen) atoms. The van der Waals surface area contributed by atoms with E-state index in [-0.39, 0.29) is 24.4 Å². The van der Waals surface area contributed by atoms with Crippen LogP contribution in [0.3, 0.4) is 0 Å². The molecule has 1 aliphatic carbocycles. The summed E-state index contributed by atoms with van der Waals surface area (Å²) in [4.78, 5) is 24.3. The van der Waals surface area contributed by atoms with Crippen molar-refractivity contribution in [3.05, 3.63) is 71.3 Å². The number of esters is 1. The minimum Gasteiger partial charge on any atom is -0.460 e. The van der Waals surface area contributed by atoms with Crippen molar-refractivity contribution in [2.45, 2.75) is 32.1 Å². The summed E-state index contributed by atoms with van der Waals surface area (Å²) in [6.07, 6.45) is 0.695. The molecule has 3 atom stereocenters. The molecule has 3 heteroatoms. The van der Waals surface area contributed by atoms with Crippen molar-refractivity contribution in [2.75, 3.05) is 6.61 Å². The van der Waals surface area contributed by atoms with Crippen molar-refractivity contribution in [2.24, 2.45) is 5.92 Å². The number of hydrogen-bond donors (Lipinski definition) is 0. The summed E-state index contributed by atoms with van der Waals surface area (Å²) in [7, 11) is 0. The first-order valence-corrected chi connectivity index (χ1v) is 8.44. The number of benzene rings is 2. The lowest BCUT2D eigenvalue weighted by molar-refractivity contribution is -0.157. The van der Waals surface area contributed by atoms with Gasteiger partial charge < -0.3 is 4.74 Å². The maximum absolute atomic E-state index is 12.5. The quantitative estimate of drug-likeness (QED) is 0.617. The molecular weight excluding hydrogens is 300 g/mol. The Balaban J connectivity index is 1.88. The van der Waals surface area contributed by atoms with Crippen LogP contribution in [0.25, 0.3) is 0 Å². The van der Waals surface area contributed by atoms with E-state index in [1.54, 1.807) is 6.92 Å². The molecule has 3 nitrogen and oxygen atoms in total. The lowest BCUT2D eigenvalue weighted by atomic mass is 9.58. The zero-order chi connectivity index (χ0) is 17.1. The van der Waals surface area contributed by atoms with Gasteiger partial charge in [0.05, 0.1) is 6.61 Å². The van der Waals surface area contributed by atoms with Gasteiger partial charge in [0.2, 0.25) is 5.78 Å². The van der Waals surface area contributed by atoms with Gasteiger partial charge >= 0.3 is 5.97 Å². The lowest BCUT2D eigenvalue weighted by Gasteiger charge is -2.44. The van der Waals surface area contributed by atoms with Crippen molar-refractivity contribution >= 4 is 11.8 Å². The number of ketones is 1. The van der Waals surface area contributed by atoms with Crippen LogP contribution in [0.15, 0.2) is 54.6 Å². The first kappa shape index (κ1) is 16.4. The van der Waals surface area contributed by atoms with Gasteiger partial charge in [-0.3, -0.25) is 4.79 Å². The highest BCUT2D eigenvalue weighted by Crippen LogP contribution is 2.53. The minimum absolute atomic E-state index is 0.0332. The number of ether oxygens (including phenoxy) is 1. The molecule has 124 valence electrons. The highest BCUT2D eigenvalue weighted by atomic mass is 16.5. The number of carbonyl (C=O) groups is 2. The monoisotopic (exact) mass is 322 g/mol. The summed E-state index contributed by atoms with van der Waals surface area (Å²) in [6.45, 7) is 4.01. The lowest BCUT2D eigenvalue weighted by Crippen LogP contribution is -2.41. The summed E-state index contributed by atoms with van der Waals surface area (Å²) in [5.74, 6) is -1.10. The Bertz CT molecular complexity index is 719. The molecule has 1 fully saturated rings. The summed E-state index contributed by atoms with van der Waals surface area (Å²) < 4.78 is 4.91. The normalized spacial score (nSPS) is 22.5. The van der Waals surface area contributed by atoms with Crippen LogP contribution < -0.4 is 0 Å². The number of carbonyl (C=O) groups excluding carboxylic acids is 2. The second-order valence-corrected chi connectivity index (χ2v) is 6.38. The predicted molar refractivity (Wildman–Crippen MR) is 92.9 cm³/mol. The van der Waals surface area contributed by atoms with Crippen LogP contribution in [0.5, 0.6) is 0 Å². The summed E-state index contributed by atoms with van der Waals surface area (Å²) in [6, 6.07) is 18.4. The van der Waals surface area contributed by atoms with Gasteiger partial charge in [0.15, 0.2) is 0 Å². The molecule has 0 spiro atoms. The fourth-order valence-electron chi connectivity index (χ4n) is 3.57. The third-order valence-electron chi connectivity index (χ3n) is 4.88. The molecule has 0 N–H and O–H groups in total. The maximum Gasteiger partial charge on any atom is 0.374 e. The molecule has 1 unspecified atom stereocenters. The average Bonchev–Trinajstić information content (AvgIpc) is 2.57. The van der Waals surface area contributed by atoms with Crippen LogP contribution in [0, 0.1) is 12.8 Å². The van der Waals surface area contributed by atoms with Crippen LogP contribution in [-0.4, -0.2) is 18.4 Å². The van der Waals surface area contributed by atoms with Crippen molar-refractivity contribution in [1.82, 2.24) is 0 Å². The number of rotatable bonds is 5. The highest BCUT2D eigenvalue weighted by Gasteiger charge is 2.48. The van der Waals surface area contributed by atoms with E-state index in [0.717, 1.165) is 5.56 Å². The number of aryl methyl sites for hydroxylation is 1. The summed E-state index contributed by atoms with van der Waals surface area (Å²) in [5.41, 5.74) is 3.55. The third-order valence-corrected chi connectivity index (χ3v) is 4.88. The van der Waals surface area contributed by atoms with Crippen LogP contribution >= 0.6 is 0 Å². The smallest absolute Gasteiger partial charge is 0.374 e. The molecule has 0 heterocycles. The summed E-state index contributed by atoms with van der Waals surface area (Å²) in [5, 5.41) is 0. The molecule has 1 aliphatic rings. The first-order valence-electron chi connectivity index (χ1n) is 8.44. The van der Waals surface area contributed by atoms with E-state index in [9.17, 15) is 9.59 Å². The average molecular weight is 322 g/mol. The Morgan fingerprint density at radius 1 is 1.00 bits per heavy atom. The van der Waals surface area contributed by atoms with Crippen molar-refractivity contribution in [3.8, 4) is 0 Å². The van der Waals surface area contributed by atoms with Gasteiger partial charge in [-0.2, -0.15) is 0 Å². The maximum atomic E-state index is 12.5. The zero-order valence-corrected chi connectivity index (χ0v) is 14.1. The minimum atomic E-state index is -0.703. The van der Waals surface area contributed by atoms with E-state index >= 15 is 0 Å². The molecule has 3 rings (SSSR count). The second kappa shape index (κ2) is 7.00. The largest absolute Gasteiger partial charge is 0.460 e. The van der Waals surface area contributed by atoms with Gasteiger partial charge in [0.1, 0.15) is 0 Å². The third kappa shape index (κ3) is 3.12. The van der Waals surface area contributed by atoms with Crippen molar-refractivity contribution in [1.29, 1.82) is 0 Å². The van der Waals surface area contributed by atoms with E-state index in [4.69, 9.17) is 4.74 Å². The Kier molecular flexibility index (Phi) is 4.79. The number of Topliss-reactive ketones (excluding diaryl/α,β-unsaturated/α-hetero) is 1. The van der Waals surface area contributed by atoms with Crippen molar-refractivity contribution in [3.63, 3.8) is 0 Å².